The Labute approximate surface area is 127 Å². The second-order valence-corrected chi connectivity index (χ2v) is 5.71. The van der Waals surface area contributed by atoms with Crippen molar-refractivity contribution in [3.63, 3.8) is 0 Å². The van der Waals surface area contributed by atoms with Crippen molar-refractivity contribution in [3.05, 3.63) is 47.7 Å². The molecule has 0 bridgehead atoms. The van der Waals surface area contributed by atoms with Crippen molar-refractivity contribution in [1.29, 1.82) is 5.26 Å². The summed E-state index contributed by atoms with van der Waals surface area (Å²) in [6.45, 7) is 0. The van der Waals surface area contributed by atoms with Gasteiger partial charge < -0.3 is 0 Å². The van der Waals surface area contributed by atoms with Gasteiger partial charge in [-0.15, -0.1) is 0 Å². The van der Waals surface area contributed by atoms with E-state index in [-0.39, 0.29) is 17.7 Å². The molecule has 2 aliphatic rings. The number of aromatic nitrogens is 2. The Bertz CT molecular complexity index is 810. The summed E-state index contributed by atoms with van der Waals surface area (Å²) in [5, 5.41) is 13.3. The van der Waals surface area contributed by atoms with E-state index in [2.05, 4.69) is 16.2 Å². The van der Waals surface area contributed by atoms with Crippen molar-refractivity contribution < 1.29 is 4.79 Å². The topological polar surface area (TPSA) is 71.0 Å². The van der Waals surface area contributed by atoms with Crippen LogP contribution in [0.3, 0.4) is 0 Å². The lowest BCUT2D eigenvalue weighted by Crippen LogP contribution is -2.39. The highest BCUT2D eigenvalue weighted by molar-refractivity contribution is 6.09. The van der Waals surface area contributed by atoms with E-state index in [0.29, 0.717) is 12.0 Å². The van der Waals surface area contributed by atoms with Gasteiger partial charge in [-0.05, 0) is 30.5 Å². The number of nitrogens with zero attached hydrogens (tertiary/aromatic N) is 4. The largest absolute Gasteiger partial charge is 0.299 e. The van der Waals surface area contributed by atoms with E-state index < -0.39 is 0 Å². The molecule has 5 nitrogen and oxygen atoms in total. The Morgan fingerprint density at radius 1 is 1.18 bits per heavy atom. The summed E-state index contributed by atoms with van der Waals surface area (Å²) >= 11 is 0. The summed E-state index contributed by atoms with van der Waals surface area (Å²) in [5.74, 6) is 0.810. The third-order valence-electron chi connectivity index (χ3n) is 4.43. The fourth-order valence-corrected chi connectivity index (χ4v) is 3.41. The van der Waals surface area contributed by atoms with Gasteiger partial charge in [-0.1, -0.05) is 12.1 Å². The van der Waals surface area contributed by atoms with E-state index in [0.717, 1.165) is 29.9 Å². The average molecular weight is 290 g/mol. The molecule has 1 fully saturated rings. The highest BCUT2D eigenvalue weighted by Crippen LogP contribution is 2.40. The summed E-state index contributed by atoms with van der Waals surface area (Å²) in [5.41, 5.74) is 2.58. The minimum Gasteiger partial charge on any atom is -0.299 e. The van der Waals surface area contributed by atoms with E-state index in [9.17, 15) is 4.79 Å². The lowest BCUT2D eigenvalue weighted by Gasteiger charge is -2.34. The molecule has 0 radical (unpaired) electrons. The molecule has 2 atom stereocenters. The first-order valence-electron chi connectivity index (χ1n) is 7.41. The maximum absolute atomic E-state index is 12.5. The molecule has 1 aliphatic heterocycles. The smallest absolute Gasteiger partial charge is 0.150 e. The van der Waals surface area contributed by atoms with Crippen molar-refractivity contribution in [2.24, 2.45) is 10.9 Å². The van der Waals surface area contributed by atoms with Gasteiger partial charge >= 0.3 is 0 Å². The summed E-state index contributed by atoms with van der Waals surface area (Å²) in [6, 6.07) is 11.3. The predicted octanol–water partition coefficient (Wildman–Crippen LogP) is 2.80. The quantitative estimate of drug-likeness (QED) is 0.810. The number of carbonyl (C=O) groups excluding carboxylic acids is 1. The number of ketones is 1. The third-order valence-corrected chi connectivity index (χ3v) is 4.43. The fraction of sp³-hybridized carbons (Fsp3) is 0.294. The van der Waals surface area contributed by atoms with Gasteiger partial charge in [-0.3, -0.25) is 4.79 Å². The van der Waals surface area contributed by atoms with E-state index in [1.165, 1.54) is 0 Å². The Morgan fingerprint density at radius 2 is 2.00 bits per heavy atom. The maximum Gasteiger partial charge on any atom is 0.150 e. The Balaban J connectivity index is 1.86. The minimum absolute atomic E-state index is 0.155. The summed E-state index contributed by atoms with van der Waals surface area (Å²) in [6.07, 6.45) is 4.07. The van der Waals surface area contributed by atoms with Gasteiger partial charge in [0.15, 0.2) is 5.82 Å². The third kappa shape index (κ3) is 1.88. The number of benzene rings is 1. The highest BCUT2D eigenvalue weighted by Gasteiger charge is 2.40. The maximum atomic E-state index is 12.5. The number of nitriles is 1. The standard InChI is InChI=1S/C17H14N4O/c18-10-11-4-6-12(7-5-11)17-16-13(2-1-3-14(16)22)20-15-8-9-19-21(15)17/h4-9,16-17H,1-3H2. The molecule has 1 saturated carbocycles. The SMILES string of the molecule is N#Cc1ccc(C2C3C(=O)CCCC3=Nc3ccnn32)cc1. The molecular formula is C17H14N4O. The number of aliphatic imine (C=N–C) groups is 1. The Morgan fingerprint density at radius 3 is 2.77 bits per heavy atom. The number of Topliss-reactive ketones (excluding diaryl/α,β-unsaturated/α-hetero) is 1. The number of fused-ring (bicyclic) bond motifs is 2. The van der Waals surface area contributed by atoms with Gasteiger partial charge in [-0.25, -0.2) is 9.67 Å². The van der Waals surface area contributed by atoms with E-state index in [1.54, 1.807) is 18.3 Å². The van der Waals surface area contributed by atoms with Gasteiger partial charge in [-0.2, -0.15) is 10.4 Å². The Kier molecular flexibility index (Phi) is 2.90. The molecule has 2 aromatic rings. The van der Waals surface area contributed by atoms with E-state index in [1.807, 2.05) is 22.9 Å². The van der Waals surface area contributed by atoms with E-state index >= 15 is 0 Å². The Hall–Kier alpha value is -2.74. The van der Waals surface area contributed by atoms with Crippen LogP contribution in [0.1, 0.15) is 36.4 Å². The lowest BCUT2D eigenvalue weighted by molar-refractivity contribution is -0.122. The van der Waals surface area contributed by atoms with Crippen LogP contribution in [0.2, 0.25) is 0 Å². The van der Waals surface area contributed by atoms with Crippen LogP contribution in [0.4, 0.5) is 5.82 Å². The van der Waals surface area contributed by atoms with E-state index in [4.69, 9.17) is 5.26 Å². The van der Waals surface area contributed by atoms with Crippen molar-refractivity contribution in [3.8, 4) is 6.07 Å². The number of hydrogen-bond acceptors (Lipinski definition) is 4. The molecule has 0 N–H and O–H groups in total. The first-order valence-corrected chi connectivity index (χ1v) is 7.41. The van der Waals surface area contributed by atoms with Gasteiger partial charge in [0.1, 0.15) is 5.78 Å². The fourth-order valence-electron chi connectivity index (χ4n) is 3.41. The van der Waals surface area contributed by atoms with Crippen LogP contribution >= 0.6 is 0 Å². The number of carbonyl (C=O) groups is 1. The van der Waals surface area contributed by atoms with Gasteiger partial charge in [0.05, 0.1) is 29.8 Å². The van der Waals surface area contributed by atoms with Crippen LogP contribution in [0, 0.1) is 17.2 Å². The van der Waals surface area contributed by atoms with Crippen molar-refractivity contribution >= 4 is 17.3 Å². The van der Waals surface area contributed by atoms with Crippen molar-refractivity contribution in [1.82, 2.24) is 9.78 Å². The normalized spacial score (nSPS) is 23.2. The number of hydrogen-bond donors (Lipinski definition) is 0. The summed E-state index contributed by atoms with van der Waals surface area (Å²) in [7, 11) is 0. The van der Waals surface area contributed by atoms with Crippen LogP contribution < -0.4 is 0 Å². The molecule has 1 aliphatic carbocycles. The van der Waals surface area contributed by atoms with Crippen LogP contribution in [0.25, 0.3) is 0 Å². The van der Waals surface area contributed by atoms with Crippen molar-refractivity contribution in [2.75, 3.05) is 0 Å². The first kappa shape index (κ1) is 13.0. The molecule has 2 heterocycles. The van der Waals surface area contributed by atoms with Gasteiger partial charge in [0, 0.05) is 18.2 Å². The molecule has 1 aromatic carbocycles. The van der Waals surface area contributed by atoms with Crippen LogP contribution in [0.15, 0.2) is 41.5 Å². The average Bonchev–Trinajstić information content (AvgIpc) is 3.01. The first-order chi connectivity index (χ1) is 10.8. The molecule has 0 saturated heterocycles. The minimum atomic E-state index is -0.228. The molecule has 5 heteroatoms. The zero-order valence-electron chi connectivity index (χ0n) is 11.9. The molecule has 4 rings (SSSR count). The van der Waals surface area contributed by atoms with Crippen LogP contribution in [-0.4, -0.2) is 21.3 Å². The van der Waals surface area contributed by atoms with Crippen molar-refractivity contribution in [2.45, 2.75) is 25.3 Å². The highest BCUT2D eigenvalue weighted by atomic mass is 16.1. The summed E-state index contributed by atoms with van der Waals surface area (Å²) < 4.78 is 1.83. The van der Waals surface area contributed by atoms with Crippen LogP contribution in [-0.2, 0) is 4.79 Å². The summed E-state index contributed by atoms with van der Waals surface area (Å²) in [4.78, 5) is 17.1. The molecule has 1 aromatic heterocycles. The molecule has 0 spiro atoms. The van der Waals surface area contributed by atoms with Gasteiger partial charge in [0.2, 0.25) is 0 Å². The molecular weight excluding hydrogens is 276 g/mol. The zero-order valence-corrected chi connectivity index (χ0v) is 11.9. The monoisotopic (exact) mass is 290 g/mol. The second kappa shape index (κ2) is 4.92. The zero-order chi connectivity index (χ0) is 15.1. The molecule has 108 valence electrons. The van der Waals surface area contributed by atoms with Crippen LogP contribution in [0.5, 0.6) is 0 Å². The molecule has 2 unspecified atom stereocenters. The lowest BCUT2D eigenvalue weighted by atomic mass is 9.77. The molecule has 0 amide bonds. The molecule has 22 heavy (non-hydrogen) atoms. The second-order valence-electron chi connectivity index (χ2n) is 5.71. The van der Waals surface area contributed by atoms with Gasteiger partial charge in [0.25, 0.3) is 0 Å². The predicted molar refractivity (Wildman–Crippen MR) is 81.0 cm³/mol. The number of rotatable bonds is 1.